The molecule has 0 aromatic heterocycles. The van der Waals surface area contributed by atoms with Gasteiger partial charge in [0.15, 0.2) is 0 Å². The van der Waals surface area contributed by atoms with Crippen molar-refractivity contribution in [2.75, 3.05) is 88.5 Å². The van der Waals surface area contributed by atoms with Gasteiger partial charge >= 0.3 is 12.1 Å². The van der Waals surface area contributed by atoms with E-state index < -0.39 is 0 Å². The van der Waals surface area contributed by atoms with Crippen molar-refractivity contribution >= 4 is 35.6 Å². The van der Waals surface area contributed by atoms with Crippen LogP contribution >= 0.6 is 23.5 Å². The molecule has 1 rings (SSSR count). The van der Waals surface area contributed by atoms with Gasteiger partial charge in [0.1, 0.15) is 0 Å². The standard InChI is InChI=1S/C40H82N6O2S2/c1-3-5-7-9-11-13-15-17-19-35-49-37-23-27-43-39(47)41-25-21-29-45-31-33-46(34-32-45)30-22-26-42-40(48)44-28-24-38-50-36-20-18-16-14-12-10-8-6-4-2/h3-38H2,1-2H3,(H2,41,43,47)(H2,42,44,48). The van der Waals surface area contributed by atoms with Crippen LogP contribution in [0.1, 0.15) is 155 Å². The second-order valence-corrected chi connectivity index (χ2v) is 16.8. The number of nitrogens with one attached hydrogen (secondary N) is 4. The van der Waals surface area contributed by atoms with E-state index >= 15 is 0 Å². The monoisotopic (exact) mass is 743 g/mol. The summed E-state index contributed by atoms with van der Waals surface area (Å²) in [4.78, 5) is 29.2. The predicted molar refractivity (Wildman–Crippen MR) is 223 cm³/mol. The first kappa shape index (κ1) is 47.2. The van der Waals surface area contributed by atoms with Gasteiger partial charge in [0.05, 0.1) is 0 Å². The molecule has 4 N–H and O–H groups in total. The molecule has 50 heavy (non-hydrogen) atoms. The number of hydrogen-bond donors (Lipinski definition) is 4. The molecule has 4 amide bonds. The Morgan fingerprint density at radius 3 is 1.02 bits per heavy atom. The molecule has 0 unspecified atom stereocenters. The van der Waals surface area contributed by atoms with Gasteiger partial charge in [0.25, 0.3) is 0 Å². The molecule has 0 aliphatic carbocycles. The molecule has 0 saturated carbocycles. The molecule has 0 aromatic carbocycles. The normalized spacial score (nSPS) is 13.8. The van der Waals surface area contributed by atoms with E-state index in [-0.39, 0.29) is 12.1 Å². The fourth-order valence-corrected chi connectivity index (χ4v) is 8.28. The maximum Gasteiger partial charge on any atom is 0.314 e. The SMILES string of the molecule is CCCCCCCCCCCSCCCNC(=O)NCCCN1CCN(CCCNC(=O)NCCCSCCCCCCCCCCC)CC1. The highest BCUT2D eigenvalue weighted by molar-refractivity contribution is 7.99. The lowest BCUT2D eigenvalue weighted by molar-refractivity contribution is 0.130. The van der Waals surface area contributed by atoms with Gasteiger partial charge in [0, 0.05) is 52.4 Å². The van der Waals surface area contributed by atoms with Crippen LogP contribution in [0.5, 0.6) is 0 Å². The van der Waals surface area contributed by atoms with Crippen molar-refractivity contribution in [2.24, 2.45) is 0 Å². The van der Waals surface area contributed by atoms with Crippen molar-refractivity contribution in [3.05, 3.63) is 0 Å². The van der Waals surface area contributed by atoms with Gasteiger partial charge in [-0.1, -0.05) is 117 Å². The lowest BCUT2D eigenvalue weighted by Crippen LogP contribution is -2.47. The van der Waals surface area contributed by atoms with E-state index in [2.05, 4.69) is 44.9 Å². The predicted octanol–water partition coefficient (Wildman–Crippen LogP) is 9.29. The summed E-state index contributed by atoms with van der Waals surface area (Å²) in [5.74, 6) is 4.78. The number of piperazine rings is 1. The van der Waals surface area contributed by atoms with Gasteiger partial charge in [-0.15, -0.1) is 0 Å². The first-order chi connectivity index (χ1) is 24.7. The van der Waals surface area contributed by atoms with Crippen LogP contribution in [-0.4, -0.2) is 110 Å². The first-order valence-corrected chi connectivity index (χ1v) is 23.6. The topological polar surface area (TPSA) is 88.7 Å². The molecule has 1 saturated heterocycles. The molecular formula is C40H82N6O2S2. The Balaban J connectivity index is 1.81. The summed E-state index contributed by atoms with van der Waals surface area (Å²) in [5.41, 5.74) is 0. The first-order valence-electron chi connectivity index (χ1n) is 21.3. The Morgan fingerprint density at radius 2 is 0.680 bits per heavy atom. The van der Waals surface area contributed by atoms with Crippen molar-refractivity contribution in [2.45, 2.75) is 155 Å². The summed E-state index contributed by atoms with van der Waals surface area (Å²) in [6, 6.07) is -0.0562. The van der Waals surface area contributed by atoms with Crippen LogP contribution in [-0.2, 0) is 0 Å². The zero-order valence-electron chi connectivity index (χ0n) is 33.0. The number of nitrogens with zero attached hydrogens (tertiary/aromatic N) is 2. The minimum absolute atomic E-state index is 0.0281. The summed E-state index contributed by atoms with van der Waals surface area (Å²) < 4.78 is 0. The van der Waals surface area contributed by atoms with E-state index in [0.29, 0.717) is 0 Å². The van der Waals surface area contributed by atoms with E-state index in [1.54, 1.807) is 0 Å². The quantitative estimate of drug-likeness (QED) is 0.0479. The highest BCUT2D eigenvalue weighted by atomic mass is 32.2. The maximum atomic E-state index is 12.1. The molecule has 0 bridgehead atoms. The molecule has 8 nitrogen and oxygen atoms in total. The van der Waals surface area contributed by atoms with Crippen molar-refractivity contribution in [3.8, 4) is 0 Å². The number of unbranched alkanes of at least 4 members (excludes halogenated alkanes) is 16. The van der Waals surface area contributed by atoms with E-state index in [1.807, 2.05) is 23.5 Å². The molecule has 1 fully saturated rings. The third-order valence-corrected chi connectivity index (χ3v) is 11.9. The fraction of sp³-hybridized carbons (Fsp3) is 0.950. The number of rotatable bonds is 36. The Bertz CT molecular complexity index is 683. The molecule has 1 heterocycles. The van der Waals surface area contributed by atoms with E-state index in [0.717, 1.165) is 103 Å². The van der Waals surface area contributed by atoms with Crippen molar-refractivity contribution in [3.63, 3.8) is 0 Å². The largest absolute Gasteiger partial charge is 0.338 e. The molecule has 0 atom stereocenters. The van der Waals surface area contributed by atoms with E-state index in [1.165, 1.54) is 127 Å². The molecule has 1 aliphatic heterocycles. The van der Waals surface area contributed by atoms with Crippen LogP contribution < -0.4 is 21.3 Å². The highest BCUT2D eigenvalue weighted by Crippen LogP contribution is 2.13. The second kappa shape index (κ2) is 37.9. The minimum atomic E-state index is -0.0281. The average Bonchev–Trinajstić information content (AvgIpc) is 3.12. The number of carbonyl (C=O) groups is 2. The number of hydrogen-bond acceptors (Lipinski definition) is 6. The Kier molecular flexibility index (Phi) is 35.8. The van der Waals surface area contributed by atoms with Gasteiger partial charge < -0.3 is 31.1 Å². The smallest absolute Gasteiger partial charge is 0.314 e. The Labute approximate surface area is 318 Å². The molecule has 296 valence electrons. The fourth-order valence-electron chi connectivity index (χ4n) is 6.36. The summed E-state index contributed by atoms with van der Waals surface area (Å²) in [5, 5.41) is 12.1. The lowest BCUT2D eigenvalue weighted by atomic mass is 10.1. The molecule has 10 heteroatoms. The van der Waals surface area contributed by atoms with Crippen molar-refractivity contribution in [1.82, 2.24) is 31.1 Å². The summed E-state index contributed by atoms with van der Waals surface area (Å²) in [7, 11) is 0. The highest BCUT2D eigenvalue weighted by Gasteiger charge is 2.16. The third-order valence-electron chi connectivity index (χ3n) is 9.62. The molecule has 0 spiro atoms. The van der Waals surface area contributed by atoms with Crippen LogP contribution in [0.4, 0.5) is 9.59 Å². The van der Waals surface area contributed by atoms with Crippen molar-refractivity contribution in [1.29, 1.82) is 0 Å². The lowest BCUT2D eigenvalue weighted by Gasteiger charge is -2.34. The number of carbonyl (C=O) groups excluding carboxylic acids is 2. The van der Waals surface area contributed by atoms with Crippen LogP contribution in [0.15, 0.2) is 0 Å². The van der Waals surface area contributed by atoms with Crippen LogP contribution in [0.2, 0.25) is 0 Å². The average molecular weight is 743 g/mol. The second-order valence-electron chi connectivity index (χ2n) is 14.3. The Hall–Kier alpha value is -0.840. The number of thioether (sulfide) groups is 2. The van der Waals surface area contributed by atoms with Gasteiger partial charge in [-0.05, 0) is 74.6 Å². The molecule has 0 aromatic rings. The summed E-state index contributed by atoms with van der Waals surface area (Å²) >= 11 is 4.06. The minimum Gasteiger partial charge on any atom is -0.338 e. The molecule has 1 aliphatic rings. The zero-order chi connectivity index (χ0) is 36.0. The number of urea groups is 2. The van der Waals surface area contributed by atoms with E-state index in [9.17, 15) is 9.59 Å². The maximum absolute atomic E-state index is 12.1. The summed E-state index contributed by atoms with van der Waals surface area (Å²) in [6.07, 6.45) is 29.0. The van der Waals surface area contributed by atoms with Gasteiger partial charge in [-0.25, -0.2) is 9.59 Å². The van der Waals surface area contributed by atoms with Gasteiger partial charge in [-0.2, -0.15) is 23.5 Å². The molecule has 0 radical (unpaired) electrons. The van der Waals surface area contributed by atoms with Crippen LogP contribution in [0.3, 0.4) is 0 Å². The zero-order valence-corrected chi connectivity index (χ0v) is 34.6. The third kappa shape index (κ3) is 33.0. The van der Waals surface area contributed by atoms with Crippen LogP contribution in [0.25, 0.3) is 0 Å². The van der Waals surface area contributed by atoms with E-state index in [4.69, 9.17) is 0 Å². The Morgan fingerprint density at radius 1 is 0.400 bits per heavy atom. The van der Waals surface area contributed by atoms with Gasteiger partial charge in [0.2, 0.25) is 0 Å². The van der Waals surface area contributed by atoms with Crippen LogP contribution in [0, 0.1) is 0 Å². The van der Waals surface area contributed by atoms with Gasteiger partial charge in [-0.3, -0.25) is 0 Å². The molecular weight excluding hydrogens is 661 g/mol. The number of amides is 4. The summed E-state index contributed by atoms with van der Waals surface area (Å²) in [6.45, 7) is 13.9. The van der Waals surface area contributed by atoms with Crippen molar-refractivity contribution < 1.29 is 9.59 Å².